The van der Waals surface area contributed by atoms with Gasteiger partial charge in [0.1, 0.15) is 5.76 Å². The van der Waals surface area contributed by atoms with Crippen LogP contribution >= 0.6 is 0 Å². The molecule has 1 aromatic carbocycles. The minimum atomic E-state index is -0.244. The molecule has 1 atom stereocenters. The molecule has 0 aliphatic carbocycles. The predicted molar refractivity (Wildman–Crippen MR) is 71.2 cm³/mol. The molecular formula is C15H14N2O. The first kappa shape index (κ1) is 11.0. The van der Waals surface area contributed by atoms with E-state index >= 15 is 0 Å². The number of aromatic nitrogens is 1. The zero-order chi connectivity index (χ0) is 12.5. The van der Waals surface area contributed by atoms with Crippen LogP contribution in [0.1, 0.15) is 22.9 Å². The molecule has 3 aromatic rings. The van der Waals surface area contributed by atoms with Crippen LogP contribution in [-0.4, -0.2) is 4.98 Å². The first-order valence-corrected chi connectivity index (χ1v) is 5.89. The average Bonchev–Trinajstić information content (AvgIpc) is 2.83. The standard InChI is InChI=1S/C15H14N2O/c1-10-6-8-18-15(10)14(16)13-4-2-3-11-9-17-7-5-12(11)13/h2-9,14H,16H2,1H3. The molecule has 2 aromatic heterocycles. The highest BCUT2D eigenvalue weighted by atomic mass is 16.3. The molecule has 2 heterocycles. The molecule has 0 aliphatic heterocycles. The Hall–Kier alpha value is -2.13. The van der Waals surface area contributed by atoms with Crippen molar-refractivity contribution >= 4 is 10.8 Å². The van der Waals surface area contributed by atoms with E-state index in [-0.39, 0.29) is 6.04 Å². The molecule has 0 spiro atoms. The molecule has 0 saturated carbocycles. The average molecular weight is 238 g/mol. The van der Waals surface area contributed by atoms with Gasteiger partial charge in [0.2, 0.25) is 0 Å². The van der Waals surface area contributed by atoms with Crippen molar-refractivity contribution in [2.75, 3.05) is 0 Å². The van der Waals surface area contributed by atoms with Gasteiger partial charge in [-0.15, -0.1) is 0 Å². The van der Waals surface area contributed by atoms with E-state index in [0.717, 1.165) is 27.7 Å². The van der Waals surface area contributed by atoms with Gasteiger partial charge in [-0.25, -0.2) is 0 Å². The Bertz CT molecular complexity index is 682. The molecule has 2 N–H and O–H groups in total. The second kappa shape index (κ2) is 4.27. The van der Waals surface area contributed by atoms with Gasteiger partial charge in [-0.3, -0.25) is 4.98 Å². The Kier molecular flexibility index (Phi) is 2.61. The lowest BCUT2D eigenvalue weighted by Crippen LogP contribution is -2.12. The number of rotatable bonds is 2. The Morgan fingerprint density at radius 2 is 2.11 bits per heavy atom. The Labute approximate surface area is 105 Å². The van der Waals surface area contributed by atoms with Crippen LogP contribution < -0.4 is 5.73 Å². The minimum absolute atomic E-state index is 0.244. The van der Waals surface area contributed by atoms with E-state index < -0.39 is 0 Å². The van der Waals surface area contributed by atoms with Gasteiger partial charge in [0.05, 0.1) is 12.3 Å². The van der Waals surface area contributed by atoms with Crippen molar-refractivity contribution in [3.63, 3.8) is 0 Å². The normalized spacial score (nSPS) is 12.8. The molecule has 18 heavy (non-hydrogen) atoms. The third kappa shape index (κ3) is 1.69. The van der Waals surface area contributed by atoms with E-state index in [9.17, 15) is 0 Å². The molecule has 3 nitrogen and oxygen atoms in total. The highest BCUT2D eigenvalue weighted by Gasteiger charge is 2.16. The summed E-state index contributed by atoms with van der Waals surface area (Å²) in [6, 6.07) is 9.75. The molecule has 0 radical (unpaired) electrons. The number of hydrogen-bond donors (Lipinski definition) is 1. The zero-order valence-electron chi connectivity index (χ0n) is 10.1. The van der Waals surface area contributed by atoms with Gasteiger partial charge in [-0.1, -0.05) is 18.2 Å². The van der Waals surface area contributed by atoms with Crippen LogP contribution in [0.3, 0.4) is 0 Å². The number of hydrogen-bond acceptors (Lipinski definition) is 3. The summed E-state index contributed by atoms with van der Waals surface area (Å²) in [5, 5.41) is 2.21. The molecule has 0 bridgehead atoms. The summed E-state index contributed by atoms with van der Waals surface area (Å²) in [4.78, 5) is 4.13. The van der Waals surface area contributed by atoms with E-state index in [0.29, 0.717) is 0 Å². The van der Waals surface area contributed by atoms with Crippen LogP contribution in [0.2, 0.25) is 0 Å². The van der Waals surface area contributed by atoms with Crippen LogP contribution in [0.25, 0.3) is 10.8 Å². The number of aryl methyl sites for hydroxylation is 1. The summed E-state index contributed by atoms with van der Waals surface area (Å²) in [5.74, 6) is 0.819. The largest absolute Gasteiger partial charge is 0.467 e. The predicted octanol–water partition coefficient (Wildman–Crippen LogP) is 3.18. The maximum atomic E-state index is 6.31. The summed E-state index contributed by atoms with van der Waals surface area (Å²) in [7, 11) is 0. The summed E-state index contributed by atoms with van der Waals surface area (Å²) in [5.41, 5.74) is 8.45. The van der Waals surface area contributed by atoms with E-state index in [2.05, 4.69) is 4.98 Å². The van der Waals surface area contributed by atoms with Gasteiger partial charge in [0.25, 0.3) is 0 Å². The lowest BCUT2D eigenvalue weighted by Gasteiger charge is -2.13. The van der Waals surface area contributed by atoms with Crippen molar-refractivity contribution in [3.8, 4) is 0 Å². The van der Waals surface area contributed by atoms with Crippen LogP contribution in [0.5, 0.6) is 0 Å². The highest BCUT2D eigenvalue weighted by molar-refractivity contribution is 5.85. The Morgan fingerprint density at radius 1 is 1.22 bits per heavy atom. The lowest BCUT2D eigenvalue weighted by atomic mass is 9.97. The van der Waals surface area contributed by atoms with Crippen molar-refractivity contribution in [1.82, 2.24) is 4.98 Å². The Morgan fingerprint density at radius 3 is 2.89 bits per heavy atom. The third-order valence-electron chi connectivity index (χ3n) is 3.23. The molecule has 3 heteroatoms. The fourth-order valence-corrected chi connectivity index (χ4v) is 2.26. The van der Waals surface area contributed by atoms with Gasteiger partial charge in [-0.05, 0) is 35.6 Å². The molecule has 0 amide bonds. The quantitative estimate of drug-likeness (QED) is 0.746. The van der Waals surface area contributed by atoms with Gasteiger partial charge in [-0.2, -0.15) is 0 Å². The van der Waals surface area contributed by atoms with E-state index in [1.165, 1.54) is 0 Å². The first-order valence-electron chi connectivity index (χ1n) is 5.89. The summed E-state index contributed by atoms with van der Waals surface area (Å²) >= 11 is 0. The second-order valence-electron chi connectivity index (χ2n) is 4.39. The number of benzene rings is 1. The number of nitrogens with two attached hydrogens (primary N) is 1. The van der Waals surface area contributed by atoms with Crippen LogP contribution in [0.4, 0.5) is 0 Å². The lowest BCUT2D eigenvalue weighted by molar-refractivity contribution is 0.487. The zero-order valence-corrected chi connectivity index (χ0v) is 10.1. The maximum Gasteiger partial charge on any atom is 0.127 e. The summed E-state index contributed by atoms with van der Waals surface area (Å²) in [6.07, 6.45) is 5.31. The fourth-order valence-electron chi connectivity index (χ4n) is 2.26. The second-order valence-corrected chi connectivity index (χ2v) is 4.39. The minimum Gasteiger partial charge on any atom is -0.467 e. The maximum absolute atomic E-state index is 6.31. The van der Waals surface area contributed by atoms with Gasteiger partial charge in [0.15, 0.2) is 0 Å². The van der Waals surface area contributed by atoms with Gasteiger partial charge < -0.3 is 10.2 Å². The van der Waals surface area contributed by atoms with Crippen LogP contribution in [0, 0.1) is 6.92 Å². The van der Waals surface area contributed by atoms with Gasteiger partial charge in [0, 0.05) is 17.8 Å². The monoisotopic (exact) mass is 238 g/mol. The summed E-state index contributed by atoms with van der Waals surface area (Å²) < 4.78 is 5.49. The molecule has 0 saturated heterocycles. The molecular weight excluding hydrogens is 224 g/mol. The van der Waals surface area contributed by atoms with E-state index in [1.807, 2.05) is 43.5 Å². The van der Waals surface area contributed by atoms with E-state index in [4.69, 9.17) is 10.2 Å². The van der Waals surface area contributed by atoms with Crippen molar-refractivity contribution < 1.29 is 4.42 Å². The van der Waals surface area contributed by atoms with Gasteiger partial charge >= 0.3 is 0 Å². The SMILES string of the molecule is Cc1ccoc1C(N)c1cccc2cnccc12. The highest BCUT2D eigenvalue weighted by Crippen LogP contribution is 2.28. The smallest absolute Gasteiger partial charge is 0.127 e. The molecule has 90 valence electrons. The molecule has 0 fully saturated rings. The number of fused-ring (bicyclic) bond motifs is 1. The fraction of sp³-hybridized carbons (Fsp3) is 0.133. The van der Waals surface area contributed by atoms with E-state index in [1.54, 1.807) is 12.5 Å². The Balaban J connectivity index is 2.18. The van der Waals surface area contributed by atoms with Crippen LogP contribution in [0.15, 0.2) is 53.4 Å². The molecule has 1 unspecified atom stereocenters. The third-order valence-corrected chi connectivity index (χ3v) is 3.23. The number of pyridine rings is 1. The van der Waals surface area contributed by atoms with Crippen molar-refractivity contribution in [1.29, 1.82) is 0 Å². The summed E-state index contributed by atoms with van der Waals surface area (Å²) in [6.45, 7) is 2.01. The number of nitrogens with zero attached hydrogens (tertiary/aromatic N) is 1. The number of furan rings is 1. The van der Waals surface area contributed by atoms with Crippen molar-refractivity contribution in [2.45, 2.75) is 13.0 Å². The molecule has 0 aliphatic rings. The molecule has 3 rings (SSSR count). The first-order chi connectivity index (χ1) is 8.77. The van der Waals surface area contributed by atoms with Crippen molar-refractivity contribution in [2.24, 2.45) is 5.73 Å². The van der Waals surface area contributed by atoms with Crippen LogP contribution in [-0.2, 0) is 0 Å². The topological polar surface area (TPSA) is 52.0 Å². The van der Waals surface area contributed by atoms with Crippen molar-refractivity contribution in [3.05, 3.63) is 65.9 Å².